The average Bonchev–Trinajstić information content (AvgIpc) is 2.49. The SMILES string of the molecule is Cc1cc(C)cc(OCC(=O)OCC(=O)N[C@@](C)(C#N)C(C)C)c1. The predicted octanol–water partition coefficient (Wildman–Crippen LogP) is 2.28. The van der Waals surface area contributed by atoms with Crippen LogP contribution in [0.3, 0.4) is 0 Å². The quantitative estimate of drug-likeness (QED) is 0.774. The van der Waals surface area contributed by atoms with Gasteiger partial charge in [0.1, 0.15) is 11.3 Å². The first kappa shape index (κ1) is 19.5. The molecule has 24 heavy (non-hydrogen) atoms. The van der Waals surface area contributed by atoms with Gasteiger partial charge in [0, 0.05) is 0 Å². The predicted molar refractivity (Wildman–Crippen MR) is 89.4 cm³/mol. The van der Waals surface area contributed by atoms with Crippen LogP contribution in [0, 0.1) is 31.1 Å². The van der Waals surface area contributed by atoms with Crippen LogP contribution in [0.1, 0.15) is 31.9 Å². The molecule has 1 aromatic rings. The highest BCUT2D eigenvalue weighted by atomic mass is 16.6. The fourth-order valence-corrected chi connectivity index (χ4v) is 1.97. The van der Waals surface area contributed by atoms with E-state index in [-0.39, 0.29) is 12.5 Å². The van der Waals surface area contributed by atoms with Gasteiger partial charge in [-0.25, -0.2) is 4.79 Å². The van der Waals surface area contributed by atoms with Crippen molar-refractivity contribution >= 4 is 11.9 Å². The number of hydrogen-bond donors (Lipinski definition) is 1. The number of amides is 1. The summed E-state index contributed by atoms with van der Waals surface area (Å²) in [7, 11) is 0. The van der Waals surface area contributed by atoms with Crippen molar-refractivity contribution in [2.75, 3.05) is 13.2 Å². The Morgan fingerprint density at radius 2 is 1.79 bits per heavy atom. The molecule has 0 bridgehead atoms. The van der Waals surface area contributed by atoms with E-state index < -0.39 is 24.0 Å². The van der Waals surface area contributed by atoms with E-state index in [1.807, 2.05) is 45.9 Å². The van der Waals surface area contributed by atoms with Gasteiger partial charge in [-0.2, -0.15) is 5.26 Å². The summed E-state index contributed by atoms with van der Waals surface area (Å²) in [5.41, 5.74) is 1.06. The van der Waals surface area contributed by atoms with Gasteiger partial charge in [0.15, 0.2) is 13.2 Å². The van der Waals surface area contributed by atoms with E-state index in [2.05, 4.69) is 11.4 Å². The van der Waals surface area contributed by atoms with Crippen molar-refractivity contribution in [2.24, 2.45) is 5.92 Å². The topological polar surface area (TPSA) is 88.4 Å². The minimum Gasteiger partial charge on any atom is -0.482 e. The molecule has 0 aliphatic carbocycles. The molecule has 1 amide bonds. The maximum atomic E-state index is 11.8. The summed E-state index contributed by atoms with van der Waals surface area (Å²) >= 11 is 0. The Morgan fingerprint density at radius 1 is 1.21 bits per heavy atom. The largest absolute Gasteiger partial charge is 0.482 e. The maximum Gasteiger partial charge on any atom is 0.344 e. The first-order valence-electron chi connectivity index (χ1n) is 7.75. The number of carbonyl (C=O) groups is 2. The van der Waals surface area contributed by atoms with E-state index in [1.54, 1.807) is 6.92 Å². The van der Waals surface area contributed by atoms with Crippen molar-refractivity contribution in [1.29, 1.82) is 5.26 Å². The molecule has 6 heteroatoms. The number of nitrogens with one attached hydrogen (secondary N) is 1. The summed E-state index contributed by atoms with van der Waals surface area (Å²) in [6, 6.07) is 7.68. The zero-order valence-corrected chi connectivity index (χ0v) is 14.8. The van der Waals surface area contributed by atoms with Gasteiger partial charge in [-0.3, -0.25) is 4.79 Å². The first-order chi connectivity index (χ1) is 11.2. The molecule has 0 aliphatic rings. The van der Waals surface area contributed by atoms with E-state index in [9.17, 15) is 9.59 Å². The molecule has 0 aromatic heterocycles. The third-order valence-corrected chi connectivity index (χ3v) is 3.70. The standard InChI is InChI=1S/C18H24N2O4/c1-12(2)18(5,11-19)20-16(21)9-24-17(22)10-23-15-7-13(3)6-14(4)8-15/h6-8,12H,9-10H2,1-5H3,(H,20,21)/t18-/m0/s1. The van der Waals surface area contributed by atoms with Crippen LogP contribution < -0.4 is 10.1 Å². The lowest BCUT2D eigenvalue weighted by Gasteiger charge is -2.27. The Labute approximate surface area is 142 Å². The summed E-state index contributed by atoms with van der Waals surface area (Å²) in [5, 5.41) is 11.7. The summed E-state index contributed by atoms with van der Waals surface area (Å²) in [5.74, 6) is -0.666. The molecule has 1 atom stereocenters. The highest BCUT2D eigenvalue weighted by Gasteiger charge is 2.30. The molecule has 130 valence electrons. The van der Waals surface area contributed by atoms with Crippen molar-refractivity contribution in [2.45, 2.75) is 40.2 Å². The Balaban J connectivity index is 2.43. The van der Waals surface area contributed by atoms with E-state index in [1.165, 1.54) is 0 Å². The molecule has 1 N–H and O–H groups in total. The normalized spacial score (nSPS) is 12.9. The number of esters is 1. The van der Waals surface area contributed by atoms with Crippen LogP contribution >= 0.6 is 0 Å². The smallest absolute Gasteiger partial charge is 0.344 e. The summed E-state index contributed by atoms with van der Waals surface area (Å²) in [6.07, 6.45) is 0. The van der Waals surface area contributed by atoms with Gasteiger partial charge >= 0.3 is 5.97 Å². The van der Waals surface area contributed by atoms with Crippen molar-refractivity contribution in [3.05, 3.63) is 29.3 Å². The van der Waals surface area contributed by atoms with Gasteiger partial charge in [-0.1, -0.05) is 19.9 Å². The average molecular weight is 332 g/mol. The first-order valence-corrected chi connectivity index (χ1v) is 7.75. The Bertz CT molecular complexity index is 629. The lowest BCUT2D eigenvalue weighted by molar-refractivity contribution is -0.150. The van der Waals surface area contributed by atoms with Crippen molar-refractivity contribution in [3.63, 3.8) is 0 Å². The molecule has 0 aliphatic heterocycles. The number of benzene rings is 1. The van der Waals surface area contributed by atoms with Crippen LogP contribution in [-0.4, -0.2) is 30.6 Å². The van der Waals surface area contributed by atoms with Gasteiger partial charge in [0.25, 0.3) is 5.91 Å². The molecule has 0 saturated carbocycles. The second-order valence-electron chi connectivity index (χ2n) is 6.29. The Hall–Kier alpha value is -2.55. The lowest BCUT2D eigenvalue weighted by Crippen LogP contribution is -2.50. The van der Waals surface area contributed by atoms with E-state index in [4.69, 9.17) is 14.7 Å². The number of nitrogens with zero attached hydrogens (tertiary/aromatic N) is 1. The number of ether oxygens (including phenoxy) is 2. The summed E-state index contributed by atoms with van der Waals surface area (Å²) in [6.45, 7) is 8.42. The van der Waals surface area contributed by atoms with Gasteiger partial charge in [-0.05, 0) is 49.9 Å². The molecule has 0 spiro atoms. The number of carbonyl (C=O) groups excluding carboxylic acids is 2. The highest BCUT2D eigenvalue weighted by molar-refractivity contribution is 5.81. The van der Waals surface area contributed by atoms with Crippen LogP contribution in [0.4, 0.5) is 0 Å². The monoisotopic (exact) mass is 332 g/mol. The van der Waals surface area contributed by atoms with Crippen molar-refractivity contribution < 1.29 is 19.1 Å². The summed E-state index contributed by atoms with van der Waals surface area (Å²) < 4.78 is 10.2. The third-order valence-electron chi connectivity index (χ3n) is 3.70. The number of nitriles is 1. The number of rotatable bonds is 7. The fourth-order valence-electron chi connectivity index (χ4n) is 1.97. The summed E-state index contributed by atoms with van der Waals surface area (Å²) in [4.78, 5) is 23.5. The highest BCUT2D eigenvalue weighted by Crippen LogP contribution is 2.16. The van der Waals surface area contributed by atoms with Gasteiger partial charge in [0.05, 0.1) is 6.07 Å². The molecule has 0 saturated heterocycles. The molecule has 0 heterocycles. The molecular weight excluding hydrogens is 308 g/mol. The fraction of sp³-hybridized carbons (Fsp3) is 0.500. The van der Waals surface area contributed by atoms with E-state index >= 15 is 0 Å². The Kier molecular flexibility index (Phi) is 6.78. The van der Waals surface area contributed by atoms with Crippen LogP contribution in [0.25, 0.3) is 0 Å². The minimum absolute atomic E-state index is 0.0740. The third kappa shape index (κ3) is 5.92. The van der Waals surface area contributed by atoms with E-state index in [0.29, 0.717) is 5.75 Å². The van der Waals surface area contributed by atoms with E-state index in [0.717, 1.165) is 11.1 Å². The van der Waals surface area contributed by atoms with Crippen LogP contribution in [-0.2, 0) is 14.3 Å². The Morgan fingerprint density at radius 3 is 2.29 bits per heavy atom. The van der Waals surface area contributed by atoms with Crippen LogP contribution in [0.2, 0.25) is 0 Å². The zero-order valence-electron chi connectivity index (χ0n) is 14.8. The zero-order chi connectivity index (χ0) is 18.3. The van der Waals surface area contributed by atoms with Crippen molar-refractivity contribution in [1.82, 2.24) is 5.32 Å². The van der Waals surface area contributed by atoms with Crippen LogP contribution in [0.15, 0.2) is 18.2 Å². The lowest BCUT2D eigenvalue weighted by atomic mass is 9.90. The second-order valence-corrected chi connectivity index (χ2v) is 6.29. The molecule has 6 nitrogen and oxygen atoms in total. The van der Waals surface area contributed by atoms with Crippen molar-refractivity contribution in [3.8, 4) is 11.8 Å². The molecule has 1 rings (SSSR count). The van der Waals surface area contributed by atoms with Gasteiger partial charge in [0.2, 0.25) is 0 Å². The second kappa shape index (κ2) is 8.34. The number of aryl methyl sites for hydroxylation is 2. The molecule has 0 unspecified atom stereocenters. The van der Waals surface area contributed by atoms with Gasteiger partial charge in [-0.15, -0.1) is 0 Å². The maximum absolute atomic E-state index is 11.8. The van der Waals surface area contributed by atoms with Crippen LogP contribution in [0.5, 0.6) is 5.75 Å². The molecule has 0 radical (unpaired) electrons. The molecular formula is C18H24N2O4. The van der Waals surface area contributed by atoms with Gasteiger partial charge < -0.3 is 14.8 Å². The molecule has 0 fully saturated rings. The number of hydrogen-bond acceptors (Lipinski definition) is 5. The molecule has 1 aromatic carbocycles. The minimum atomic E-state index is -1.00.